The standard InChI is InChI=1S/C11H12N2O2S/c1-7-4-12-13(5-7)6-9-3-10(11(14)15)16-8(9)2/h3-5H,6H2,1-2H3,(H,14,15). The molecule has 2 aromatic heterocycles. The van der Waals surface area contributed by atoms with Crippen LogP contribution >= 0.6 is 11.3 Å². The van der Waals surface area contributed by atoms with Gasteiger partial charge in [-0.2, -0.15) is 5.10 Å². The summed E-state index contributed by atoms with van der Waals surface area (Å²) in [5, 5.41) is 13.1. The van der Waals surface area contributed by atoms with Crippen LogP contribution in [-0.4, -0.2) is 20.9 Å². The molecule has 0 fully saturated rings. The highest BCUT2D eigenvalue weighted by Gasteiger charge is 2.11. The first-order valence-electron chi connectivity index (χ1n) is 4.88. The number of thiophene rings is 1. The zero-order valence-electron chi connectivity index (χ0n) is 9.10. The zero-order chi connectivity index (χ0) is 11.7. The predicted molar refractivity (Wildman–Crippen MR) is 62.1 cm³/mol. The van der Waals surface area contributed by atoms with Crippen molar-refractivity contribution in [3.63, 3.8) is 0 Å². The van der Waals surface area contributed by atoms with Crippen LogP contribution in [0.2, 0.25) is 0 Å². The van der Waals surface area contributed by atoms with Gasteiger partial charge < -0.3 is 5.11 Å². The fraction of sp³-hybridized carbons (Fsp3) is 0.273. The van der Waals surface area contributed by atoms with Crippen molar-refractivity contribution in [2.75, 3.05) is 0 Å². The van der Waals surface area contributed by atoms with Crippen LogP contribution in [0.15, 0.2) is 18.5 Å². The van der Waals surface area contributed by atoms with Gasteiger partial charge >= 0.3 is 5.97 Å². The number of carboxylic acids is 1. The maximum Gasteiger partial charge on any atom is 0.345 e. The molecule has 0 saturated heterocycles. The Morgan fingerprint density at radius 3 is 2.81 bits per heavy atom. The lowest BCUT2D eigenvalue weighted by Gasteiger charge is -1.99. The molecule has 0 amide bonds. The lowest BCUT2D eigenvalue weighted by atomic mass is 10.2. The molecule has 4 nitrogen and oxygen atoms in total. The van der Waals surface area contributed by atoms with Crippen LogP contribution in [-0.2, 0) is 6.54 Å². The molecule has 0 unspecified atom stereocenters. The Balaban J connectivity index is 2.24. The fourth-order valence-corrected chi connectivity index (χ4v) is 2.38. The summed E-state index contributed by atoms with van der Waals surface area (Å²) in [5.41, 5.74) is 2.12. The van der Waals surface area contributed by atoms with Crippen molar-refractivity contribution >= 4 is 17.3 Å². The van der Waals surface area contributed by atoms with Gasteiger partial charge in [-0.15, -0.1) is 11.3 Å². The summed E-state index contributed by atoms with van der Waals surface area (Å²) in [7, 11) is 0. The molecule has 0 atom stereocenters. The highest BCUT2D eigenvalue weighted by atomic mass is 32.1. The molecular weight excluding hydrogens is 224 g/mol. The normalized spacial score (nSPS) is 10.6. The van der Waals surface area contributed by atoms with Crippen molar-refractivity contribution in [1.29, 1.82) is 0 Å². The minimum Gasteiger partial charge on any atom is -0.477 e. The first kappa shape index (κ1) is 10.9. The van der Waals surface area contributed by atoms with E-state index in [4.69, 9.17) is 5.11 Å². The van der Waals surface area contributed by atoms with Gasteiger partial charge in [0, 0.05) is 11.1 Å². The molecule has 0 aliphatic rings. The molecule has 84 valence electrons. The first-order valence-corrected chi connectivity index (χ1v) is 5.69. The van der Waals surface area contributed by atoms with Gasteiger partial charge in [-0.1, -0.05) is 0 Å². The lowest BCUT2D eigenvalue weighted by Crippen LogP contribution is -2.00. The first-order chi connectivity index (χ1) is 7.56. The number of aromatic nitrogens is 2. The van der Waals surface area contributed by atoms with E-state index >= 15 is 0 Å². The summed E-state index contributed by atoms with van der Waals surface area (Å²) in [6.45, 7) is 4.54. The topological polar surface area (TPSA) is 55.1 Å². The number of nitrogens with zero attached hydrogens (tertiary/aromatic N) is 2. The smallest absolute Gasteiger partial charge is 0.345 e. The summed E-state index contributed by atoms with van der Waals surface area (Å²) in [4.78, 5) is 12.2. The SMILES string of the molecule is Cc1cnn(Cc2cc(C(=O)O)sc2C)c1. The number of aryl methyl sites for hydroxylation is 2. The van der Waals surface area contributed by atoms with Crippen molar-refractivity contribution in [3.05, 3.63) is 39.3 Å². The Bertz CT molecular complexity index is 528. The maximum atomic E-state index is 10.8. The zero-order valence-corrected chi connectivity index (χ0v) is 9.91. The molecule has 0 aromatic carbocycles. The second-order valence-electron chi connectivity index (χ2n) is 3.71. The molecule has 0 radical (unpaired) electrons. The summed E-state index contributed by atoms with van der Waals surface area (Å²) in [6, 6.07) is 1.72. The number of aromatic carboxylic acids is 1. The van der Waals surface area contributed by atoms with E-state index in [9.17, 15) is 4.79 Å². The molecule has 5 heteroatoms. The van der Waals surface area contributed by atoms with Gasteiger partial charge in [-0.05, 0) is 31.0 Å². The monoisotopic (exact) mass is 236 g/mol. The molecule has 0 aliphatic heterocycles. The number of carboxylic acid groups (broad SMARTS) is 1. The van der Waals surface area contributed by atoms with Crippen molar-refractivity contribution in [2.24, 2.45) is 0 Å². The lowest BCUT2D eigenvalue weighted by molar-refractivity contribution is 0.0702. The Morgan fingerprint density at radius 2 is 2.31 bits per heavy atom. The average Bonchev–Trinajstić information content (AvgIpc) is 2.75. The van der Waals surface area contributed by atoms with Crippen LogP contribution in [0.5, 0.6) is 0 Å². The second-order valence-corrected chi connectivity index (χ2v) is 4.97. The largest absolute Gasteiger partial charge is 0.477 e. The van der Waals surface area contributed by atoms with Crippen LogP contribution in [0.1, 0.15) is 25.7 Å². The Labute approximate surface area is 97.2 Å². The van der Waals surface area contributed by atoms with E-state index in [1.54, 1.807) is 12.3 Å². The third-order valence-electron chi connectivity index (χ3n) is 2.33. The predicted octanol–water partition coefficient (Wildman–Crippen LogP) is 2.31. The Hall–Kier alpha value is -1.62. The van der Waals surface area contributed by atoms with Crippen LogP contribution in [0.25, 0.3) is 0 Å². The molecule has 2 heterocycles. The molecule has 0 spiro atoms. The van der Waals surface area contributed by atoms with E-state index in [1.165, 1.54) is 11.3 Å². The molecule has 2 rings (SSSR count). The summed E-state index contributed by atoms with van der Waals surface area (Å²) in [6.07, 6.45) is 3.73. The number of hydrogen-bond donors (Lipinski definition) is 1. The minimum absolute atomic E-state index is 0.386. The van der Waals surface area contributed by atoms with Gasteiger partial charge in [-0.25, -0.2) is 4.79 Å². The van der Waals surface area contributed by atoms with Crippen LogP contribution in [0.3, 0.4) is 0 Å². The Morgan fingerprint density at radius 1 is 1.56 bits per heavy atom. The highest BCUT2D eigenvalue weighted by Crippen LogP contribution is 2.22. The van der Waals surface area contributed by atoms with Crippen molar-refractivity contribution in [1.82, 2.24) is 9.78 Å². The van der Waals surface area contributed by atoms with Crippen LogP contribution in [0.4, 0.5) is 0 Å². The van der Waals surface area contributed by atoms with E-state index < -0.39 is 5.97 Å². The molecule has 16 heavy (non-hydrogen) atoms. The molecule has 2 aromatic rings. The van der Waals surface area contributed by atoms with Crippen LogP contribution < -0.4 is 0 Å². The fourth-order valence-electron chi connectivity index (χ4n) is 1.51. The molecule has 0 aliphatic carbocycles. The van der Waals surface area contributed by atoms with Crippen molar-refractivity contribution < 1.29 is 9.90 Å². The Kier molecular flexibility index (Phi) is 2.78. The third-order valence-corrected chi connectivity index (χ3v) is 3.41. The van der Waals surface area contributed by atoms with Gasteiger partial charge in [0.1, 0.15) is 4.88 Å². The minimum atomic E-state index is -0.865. The van der Waals surface area contributed by atoms with Crippen molar-refractivity contribution in [2.45, 2.75) is 20.4 Å². The second kappa shape index (κ2) is 4.09. The van der Waals surface area contributed by atoms with E-state index in [0.717, 1.165) is 16.0 Å². The quantitative estimate of drug-likeness (QED) is 0.889. The number of rotatable bonds is 3. The van der Waals surface area contributed by atoms with Gasteiger partial charge in [0.05, 0.1) is 12.7 Å². The molecular formula is C11H12N2O2S. The van der Waals surface area contributed by atoms with Crippen LogP contribution in [0, 0.1) is 13.8 Å². The highest BCUT2D eigenvalue weighted by molar-refractivity contribution is 7.14. The van der Waals surface area contributed by atoms with E-state index in [0.29, 0.717) is 11.4 Å². The van der Waals surface area contributed by atoms with E-state index in [2.05, 4.69) is 5.10 Å². The number of hydrogen-bond acceptors (Lipinski definition) is 3. The van der Waals surface area contributed by atoms with Gasteiger partial charge in [-0.3, -0.25) is 4.68 Å². The maximum absolute atomic E-state index is 10.8. The summed E-state index contributed by atoms with van der Waals surface area (Å²) < 4.78 is 1.82. The average molecular weight is 236 g/mol. The molecule has 0 saturated carbocycles. The molecule has 1 N–H and O–H groups in total. The van der Waals surface area contributed by atoms with Gasteiger partial charge in [0.25, 0.3) is 0 Å². The third kappa shape index (κ3) is 2.14. The van der Waals surface area contributed by atoms with E-state index in [-0.39, 0.29) is 0 Å². The summed E-state index contributed by atoms with van der Waals surface area (Å²) >= 11 is 1.31. The van der Waals surface area contributed by atoms with E-state index in [1.807, 2.05) is 24.7 Å². The summed E-state index contributed by atoms with van der Waals surface area (Å²) in [5.74, 6) is -0.865. The van der Waals surface area contributed by atoms with Crippen molar-refractivity contribution in [3.8, 4) is 0 Å². The van der Waals surface area contributed by atoms with Gasteiger partial charge in [0.2, 0.25) is 0 Å². The molecule has 0 bridgehead atoms. The number of carbonyl (C=O) groups is 1. The van der Waals surface area contributed by atoms with Gasteiger partial charge in [0.15, 0.2) is 0 Å².